The average molecular weight is 270 g/mol. The van der Waals surface area contributed by atoms with Crippen LogP contribution in [0.25, 0.3) is 0 Å². The summed E-state index contributed by atoms with van der Waals surface area (Å²) in [6.07, 6.45) is 0.663. The van der Waals surface area contributed by atoms with Gasteiger partial charge in [0.15, 0.2) is 5.82 Å². The number of aromatic nitrogens is 2. The first kappa shape index (κ1) is 15.4. The molecule has 7 nitrogen and oxygen atoms in total. The van der Waals surface area contributed by atoms with Crippen LogP contribution < -0.4 is 10.6 Å². The van der Waals surface area contributed by atoms with Crippen LogP contribution in [0.2, 0.25) is 0 Å². The lowest BCUT2D eigenvalue weighted by atomic mass is 10.1. The molecule has 2 amide bonds. The minimum Gasteiger partial charge on any atom is -0.396 e. The molecule has 3 N–H and O–H groups in total. The molecule has 0 saturated carbocycles. The summed E-state index contributed by atoms with van der Waals surface area (Å²) in [7, 11) is 0. The Morgan fingerprint density at radius 2 is 2.11 bits per heavy atom. The lowest BCUT2D eigenvalue weighted by Gasteiger charge is -2.21. The van der Waals surface area contributed by atoms with Gasteiger partial charge in [-0.25, -0.2) is 4.79 Å². The van der Waals surface area contributed by atoms with Crippen molar-refractivity contribution in [3.63, 3.8) is 0 Å². The first-order valence-corrected chi connectivity index (χ1v) is 6.46. The molecule has 0 fully saturated rings. The van der Waals surface area contributed by atoms with Crippen LogP contribution in [0.4, 0.5) is 4.79 Å². The van der Waals surface area contributed by atoms with Gasteiger partial charge in [0.1, 0.15) is 0 Å². The van der Waals surface area contributed by atoms with E-state index in [1.165, 1.54) is 0 Å². The highest BCUT2D eigenvalue weighted by molar-refractivity contribution is 5.74. The number of nitrogens with one attached hydrogen (secondary N) is 2. The van der Waals surface area contributed by atoms with Gasteiger partial charge in [-0.2, -0.15) is 4.98 Å². The number of aliphatic hydroxyl groups excluding tert-OH is 1. The molecule has 0 aliphatic rings. The molecule has 1 aromatic heterocycles. The fourth-order valence-corrected chi connectivity index (χ4v) is 1.51. The molecular weight excluding hydrogens is 248 g/mol. The van der Waals surface area contributed by atoms with E-state index >= 15 is 0 Å². The molecule has 0 saturated heterocycles. The number of urea groups is 1. The molecular formula is C12H22N4O3. The quantitative estimate of drug-likeness (QED) is 0.720. The third kappa shape index (κ3) is 4.51. The van der Waals surface area contributed by atoms with E-state index in [4.69, 9.17) is 9.63 Å². The van der Waals surface area contributed by atoms with Crippen LogP contribution in [-0.2, 0) is 0 Å². The number of aryl methyl sites for hydroxylation is 1. The van der Waals surface area contributed by atoms with Gasteiger partial charge >= 0.3 is 6.03 Å². The molecule has 0 aliphatic heterocycles. The van der Waals surface area contributed by atoms with Gasteiger partial charge in [-0.15, -0.1) is 0 Å². The monoisotopic (exact) mass is 270 g/mol. The van der Waals surface area contributed by atoms with E-state index in [0.29, 0.717) is 18.1 Å². The predicted octanol–water partition coefficient (Wildman–Crippen LogP) is 1.15. The van der Waals surface area contributed by atoms with Gasteiger partial charge in [-0.05, 0) is 19.3 Å². The topological polar surface area (TPSA) is 100 Å². The second-order valence-corrected chi connectivity index (χ2v) is 4.70. The number of aliphatic hydroxyl groups is 1. The Morgan fingerprint density at radius 1 is 1.42 bits per heavy atom. The van der Waals surface area contributed by atoms with Gasteiger partial charge in [0.05, 0.1) is 6.04 Å². The number of hydrogen-bond acceptors (Lipinski definition) is 5. The van der Waals surface area contributed by atoms with Crippen molar-refractivity contribution in [2.75, 3.05) is 6.61 Å². The van der Waals surface area contributed by atoms with Crippen molar-refractivity contribution in [1.29, 1.82) is 0 Å². The van der Waals surface area contributed by atoms with Crippen LogP contribution in [0.3, 0.4) is 0 Å². The second-order valence-electron chi connectivity index (χ2n) is 4.70. The van der Waals surface area contributed by atoms with E-state index in [1.54, 1.807) is 6.92 Å². The Labute approximate surface area is 112 Å². The number of nitrogens with zero attached hydrogens (tertiary/aromatic N) is 2. The Hall–Kier alpha value is -1.63. The van der Waals surface area contributed by atoms with Crippen LogP contribution in [0.5, 0.6) is 0 Å². The third-order valence-corrected chi connectivity index (χ3v) is 3.07. The zero-order valence-corrected chi connectivity index (χ0v) is 11.8. The van der Waals surface area contributed by atoms with E-state index in [1.807, 2.05) is 20.8 Å². The number of hydrogen-bond donors (Lipinski definition) is 3. The van der Waals surface area contributed by atoms with Crippen molar-refractivity contribution in [2.45, 2.75) is 46.2 Å². The fourth-order valence-electron chi connectivity index (χ4n) is 1.51. The Bertz CT molecular complexity index is 407. The van der Waals surface area contributed by atoms with E-state index in [0.717, 1.165) is 0 Å². The largest absolute Gasteiger partial charge is 0.396 e. The predicted molar refractivity (Wildman–Crippen MR) is 69.4 cm³/mol. The third-order valence-electron chi connectivity index (χ3n) is 3.07. The maximum atomic E-state index is 11.8. The number of amides is 2. The van der Waals surface area contributed by atoms with Crippen LogP contribution >= 0.6 is 0 Å². The number of carbonyl (C=O) groups is 1. The first-order chi connectivity index (χ1) is 8.97. The van der Waals surface area contributed by atoms with E-state index < -0.39 is 0 Å². The van der Waals surface area contributed by atoms with Gasteiger partial charge in [0.25, 0.3) is 0 Å². The lowest BCUT2D eigenvalue weighted by Crippen LogP contribution is -2.45. The molecule has 0 spiro atoms. The van der Waals surface area contributed by atoms with Crippen LogP contribution in [0.15, 0.2) is 4.52 Å². The van der Waals surface area contributed by atoms with Crippen LogP contribution in [0.1, 0.15) is 44.9 Å². The van der Waals surface area contributed by atoms with Crippen LogP contribution in [0, 0.1) is 12.8 Å². The maximum absolute atomic E-state index is 11.8. The normalized spacial score (nSPS) is 15.6. The Morgan fingerprint density at radius 3 is 2.58 bits per heavy atom. The molecule has 3 atom stereocenters. The molecule has 0 aromatic carbocycles. The summed E-state index contributed by atoms with van der Waals surface area (Å²) < 4.78 is 4.90. The zero-order chi connectivity index (χ0) is 14.4. The summed E-state index contributed by atoms with van der Waals surface area (Å²) >= 11 is 0. The molecule has 1 aromatic rings. The van der Waals surface area contributed by atoms with Crippen molar-refractivity contribution < 1.29 is 14.4 Å². The summed E-state index contributed by atoms with van der Waals surface area (Å²) in [6.45, 7) is 7.37. The highest BCUT2D eigenvalue weighted by Gasteiger charge is 2.20. The molecule has 0 bridgehead atoms. The molecule has 7 heteroatoms. The van der Waals surface area contributed by atoms with Crippen LogP contribution in [-0.4, -0.2) is 33.9 Å². The molecule has 1 rings (SSSR count). The Kier molecular flexibility index (Phi) is 5.75. The van der Waals surface area contributed by atoms with Crippen molar-refractivity contribution >= 4 is 6.03 Å². The molecule has 3 unspecified atom stereocenters. The summed E-state index contributed by atoms with van der Waals surface area (Å²) in [4.78, 5) is 15.9. The van der Waals surface area contributed by atoms with Gasteiger partial charge in [-0.1, -0.05) is 19.0 Å². The summed E-state index contributed by atoms with van der Waals surface area (Å²) in [5.41, 5.74) is 0. The highest BCUT2D eigenvalue weighted by Crippen LogP contribution is 2.12. The molecule has 0 aliphatic carbocycles. The molecule has 108 valence electrons. The van der Waals surface area contributed by atoms with E-state index in [2.05, 4.69) is 20.8 Å². The smallest absolute Gasteiger partial charge is 0.315 e. The number of carbonyl (C=O) groups excluding carboxylic acids is 1. The van der Waals surface area contributed by atoms with Crippen molar-refractivity contribution in [2.24, 2.45) is 5.92 Å². The lowest BCUT2D eigenvalue weighted by molar-refractivity contribution is 0.198. The number of rotatable bonds is 6. The summed E-state index contributed by atoms with van der Waals surface area (Å²) in [5.74, 6) is 0.939. The minimum absolute atomic E-state index is 0.00162. The van der Waals surface area contributed by atoms with E-state index in [9.17, 15) is 4.79 Å². The Balaban J connectivity index is 2.54. The fraction of sp³-hybridized carbons (Fsp3) is 0.750. The standard InChI is InChI=1S/C12H22N4O3/c1-5-10(11-14-9(4)19-16-11)15-12(18)13-8(3)7(2)6-17/h7-8,10,17H,5-6H2,1-4H3,(H2,13,15,18). The van der Waals surface area contributed by atoms with Crippen molar-refractivity contribution in [3.05, 3.63) is 11.7 Å². The van der Waals surface area contributed by atoms with Gasteiger partial charge < -0.3 is 20.3 Å². The minimum atomic E-state index is -0.304. The van der Waals surface area contributed by atoms with Crippen molar-refractivity contribution in [1.82, 2.24) is 20.8 Å². The second kappa shape index (κ2) is 7.08. The average Bonchev–Trinajstić information content (AvgIpc) is 2.81. The van der Waals surface area contributed by atoms with Gasteiger partial charge in [0, 0.05) is 19.6 Å². The molecule has 1 heterocycles. The first-order valence-electron chi connectivity index (χ1n) is 6.46. The van der Waals surface area contributed by atoms with Gasteiger partial charge in [-0.3, -0.25) is 0 Å². The summed E-state index contributed by atoms with van der Waals surface area (Å²) in [6, 6.07) is -0.703. The van der Waals surface area contributed by atoms with Crippen molar-refractivity contribution in [3.8, 4) is 0 Å². The SMILES string of the molecule is CCC(NC(=O)NC(C)C(C)CO)c1noc(C)n1. The van der Waals surface area contributed by atoms with E-state index in [-0.39, 0.29) is 30.6 Å². The molecule has 0 radical (unpaired) electrons. The maximum Gasteiger partial charge on any atom is 0.315 e. The molecule has 19 heavy (non-hydrogen) atoms. The highest BCUT2D eigenvalue weighted by atomic mass is 16.5. The zero-order valence-electron chi connectivity index (χ0n) is 11.8. The summed E-state index contributed by atoms with van der Waals surface area (Å²) in [5, 5.41) is 18.4. The van der Waals surface area contributed by atoms with Gasteiger partial charge in [0.2, 0.25) is 5.89 Å².